The van der Waals surface area contributed by atoms with Gasteiger partial charge < -0.3 is 10.1 Å². The lowest BCUT2D eigenvalue weighted by atomic mass is 9.86. The fourth-order valence-corrected chi connectivity index (χ4v) is 3.65. The van der Waals surface area contributed by atoms with Crippen molar-refractivity contribution >= 4 is 40.9 Å². The number of rotatable bonds is 4. The molecule has 1 atom stereocenters. The van der Waals surface area contributed by atoms with Gasteiger partial charge >= 0.3 is 5.97 Å². The summed E-state index contributed by atoms with van der Waals surface area (Å²) in [4.78, 5) is 24.0. The molecule has 0 aliphatic carbocycles. The van der Waals surface area contributed by atoms with Gasteiger partial charge in [0.2, 0.25) is 5.91 Å². The largest absolute Gasteiger partial charge is 0.465 e. The maximum atomic E-state index is 12.2. The molecule has 0 bridgehead atoms. The van der Waals surface area contributed by atoms with Crippen molar-refractivity contribution in [3.8, 4) is 0 Å². The van der Waals surface area contributed by atoms with Gasteiger partial charge in [-0.2, -0.15) is 5.10 Å². The van der Waals surface area contributed by atoms with Crippen molar-refractivity contribution in [1.29, 1.82) is 0 Å². The molecular weight excluding hydrogens is 365 g/mol. The first-order chi connectivity index (χ1) is 11.9. The molecule has 0 spiro atoms. The summed E-state index contributed by atoms with van der Waals surface area (Å²) >= 11 is 12.3. The zero-order chi connectivity index (χ0) is 18.1. The summed E-state index contributed by atoms with van der Waals surface area (Å²) in [5.41, 5.74) is 2.39. The van der Waals surface area contributed by atoms with Crippen LogP contribution in [0.2, 0.25) is 10.0 Å². The number of nitrogens with one attached hydrogen (secondary N) is 1. The number of aryl methyl sites for hydroxylation is 1. The normalized spacial score (nSPS) is 16.3. The highest BCUT2D eigenvalue weighted by atomic mass is 35.5. The molecule has 1 aliphatic heterocycles. The number of amides is 1. The summed E-state index contributed by atoms with van der Waals surface area (Å²) in [5, 5.41) is 8.24. The van der Waals surface area contributed by atoms with Crippen LogP contribution in [0.25, 0.3) is 0 Å². The third kappa shape index (κ3) is 3.50. The van der Waals surface area contributed by atoms with Crippen LogP contribution in [-0.4, -0.2) is 28.3 Å². The van der Waals surface area contributed by atoms with Crippen LogP contribution >= 0.6 is 23.2 Å². The fourth-order valence-electron chi connectivity index (χ4n) is 3.11. The molecule has 1 aromatic heterocycles. The molecule has 3 rings (SSSR count). The Balaban J connectivity index is 2.05. The maximum absolute atomic E-state index is 12.2. The Morgan fingerprint density at radius 1 is 1.44 bits per heavy atom. The number of hydrogen-bond acceptors (Lipinski definition) is 4. The van der Waals surface area contributed by atoms with E-state index in [1.54, 1.807) is 19.1 Å². The molecule has 1 amide bonds. The molecule has 1 aliphatic rings. The minimum absolute atomic E-state index is 0.0641. The van der Waals surface area contributed by atoms with Gasteiger partial charge in [-0.25, -0.2) is 4.68 Å². The first-order valence-electron chi connectivity index (χ1n) is 7.88. The summed E-state index contributed by atoms with van der Waals surface area (Å²) in [6.45, 7) is 3.80. The summed E-state index contributed by atoms with van der Waals surface area (Å²) in [6, 6.07) is 5.22. The van der Waals surface area contributed by atoms with Crippen molar-refractivity contribution in [2.24, 2.45) is 0 Å². The molecule has 25 heavy (non-hydrogen) atoms. The Hall–Kier alpha value is -2.05. The predicted molar refractivity (Wildman–Crippen MR) is 95.1 cm³/mol. The summed E-state index contributed by atoms with van der Waals surface area (Å²) < 4.78 is 6.44. The number of carbonyl (C=O) groups excluding carboxylic acids is 2. The van der Waals surface area contributed by atoms with Crippen molar-refractivity contribution in [3.63, 3.8) is 0 Å². The quantitative estimate of drug-likeness (QED) is 0.821. The second kappa shape index (κ2) is 7.06. The van der Waals surface area contributed by atoms with E-state index in [-0.39, 0.29) is 31.4 Å². The molecule has 6 nitrogen and oxygen atoms in total. The minimum atomic E-state index is -0.409. The topological polar surface area (TPSA) is 73.2 Å². The van der Waals surface area contributed by atoms with Crippen molar-refractivity contribution < 1.29 is 14.3 Å². The number of anilines is 1. The van der Waals surface area contributed by atoms with Crippen LogP contribution < -0.4 is 5.32 Å². The zero-order valence-electron chi connectivity index (χ0n) is 13.8. The molecular formula is C17H17Cl2N3O3. The number of hydrogen-bond donors (Lipinski definition) is 1. The first kappa shape index (κ1) is 17.8. The average Bonchev–Trinajstić information content (AvgIpc) is 2.83. The summed E-state index contributed by atoms with van der Waals surface area (Å²) in [5.74, 6) is -0.301. The van der Waals surface area contributed by atoms with Crippen LogP contribution in [0, 0.1) is 6.92 Å². The number of carbonyl (C=O) groups is 2. The summed E-state index contributed by atoms with van der Waals surface area (Å²) in [6.07, 6.45) is 0.250. The number of esters is 1. The lowest BCUT2D eigenvalue weighted by molar-refractivity contribution is -0.144. The predicted octanol–water partition coefficient (Wildman–Crippen LogP) is 3.54. The van der Waals surface area contributed by atoms with Crippen LogP contribution in [-0.2, 0) is 20.9 Å². The molecule has 1 aromatic carbocycles. The molecule has 0 unspecified atom stereocenters. The Morgan fingerprint density at radius 2 is 2.20 bits per heavy atom. The van der Waals surface area contributed by atoms with E-state index in [1.165, 1.54) is 4.68 Å². The number of aromatic nitrogens is 2. The van der Waals surface area contributed by atoms with Crippen molar-refractivity contribution in [2.75, 3.05) is 11.9 Å². The molecule has 0 saturated carbocycles. The Bertz CT molecular complexity index is 848. The molecule has 0 saturated heterocycles. The highest BCUT2D eigenvalue weighted by Crippen LogP contribution is 2.42. The third-order valence-corrected chi connectivity index (χ3v) is 4.65. The van der Waals surface area contributed by atoms with Crippen LogP contribution in [0.15, 0.2) is 18.2 Å². The van der Waals surface area contributed by atoms with Gasteiger partial charge in [-0.15, -0.1) is 0 Å². The lowest BCUT2D eigenvalue weighted by Crippen LogP contribution is -2.26. The van der Waals surface area contributed by atoms with Gasteiger partial charge in [0.25, 0.3) is 0 Å². The van der Waals surface area contributed by atoms with Gasteiger partial charge in [-0.3, -0.25) is 9.59 Å². The molecule has 8 heteroatoms. The van der Waals surface area contributed by atoms with Gasteiger partial charge in [0.15, 0.2) is 0 Å². The van der Waals surface area contributed by atoms with E-state index in [9.17, 15) is 9.59 Å². The van der Waals surface area contributed by atoms with Gasteiger partial charge in [-0.05, 0) is 31.5 Å². The number of halogens is 2. The SMILES string of the molecule is CCOC(=O)Cn1nc(C)c2c1NC(=O)C[C@H]2c1ccc(Cl)cc1Cl. The highest BCUT2D eigenvalue weighted by molar-refractivity contribution is 6.35. The molecule has 132 valence electrons. The number of benzene rings is 1. The second-order valence-electron chi connectivity index (χ2n) is 5.78. The molecule has 0 radical (unpaired) electrons. The smallest absolute Gasteiger partial charge is 0.327 e. The molecule has 2 heterocycles. The Kier molecular flexibility index (Phi) is 5.01. The van der Waals surface area contributed by atoms with E-state index in [0.29, 0.717) is 15.9 Å². The molecule has 0 fully saturated rings. The highest BCUT2D eigenvalue weighted by Gasteiger charge is 2.33. The molecule has 2 aromatic rings. The van der Waals surface area contributed by atoms with E-state index < -0.39 is 5.97 Å². The van der Waals surface area contributed by atoms with Crippen LogP contribution in [0.1, 0.15) is 36.1 Å². The van der Waals surface area contributed by atoms with E-state index >= 15 is 0 Å². The van der Waals surface area contributed by atoms with Crippen molar-refractivity contribution in [3.05, 3.63) is 45.1 Å². The van der Waals surface area contributed by atoms with Gasteiger partial charge in [0.1, 0.15) is 12.4 Å². The van der Waals surface area contributed by atoms with E-state index in [2.05, 4.69) is 10.4 Å². The number of fused-ring (bicyclic) bond motifs is 1. The number of nitrogens with zero attached hydrogens (tertiary/aromatic N) is 2. The van der Waals surface area contributed by atoms with Crippen molar-refractivity contribution in [2.45, 2.75) is 32.7 Å². The van der Waals surface area contributed by atoms with Crippen LogP contribution in [0.5, 0.6) is 0 Å². The van der Waals surface area contributed by atoms with Gasteiger partial charge in [-0.1, -0.05) is 29.3 Å². The Labute approximate surface area is 155 Å². The minimum Gasteiger partial charge on any atom is -0.465 e. The van der Waals surface area contributed by atoms with Crippen molar-refractivity contribution in [1.82, 2.24) is 9.78 Å². The second-order valence-corrected chi connectivity index (χ2v) is 6.62. The van der Waals surface area contributed by atoms with E-state index in [4.69, 9.17) is 27.9 Å². The van der Waals surface area contributed by atoms with Gasteiger partial charge in [0, 0.05) is 27.9 Å². The molecule has 1 N–H and O–H groups in total. The lowest BCUT2D eigenvalue weighted by Gasteiger charge is -2.25. The summed E-state index contributed by atoms with van der Waals surface area (Å²) in [7, 11) is 0. The third-order valence-electron chi connectivity index (χ3n) is 4.09. The van der Waals surface area contributed by atoms with Crippen LogP contribution in [0.4, 0.5) is 5.82 Å². The van der Waals surface area contributed by atoms with Gasteiger partial charge in [0.05, 0.1) is 12.3 Å². The standard InChI is InChI=1S/C17H17Cl2N3O3/c1-3-25-15(24)8-22-17-16(9(2)21-22)12(7-14(23)20-17)11-5-4-10(18)6-13(11)19/h4-6,12H,3,7-8H2,1-2H3,(H,20,23)/t12-/m0/s1. The zero-order valence-corrected chi connectivity index (χ0v) is 15.3. The van der Waals surface area contributed by atoms with E-state index in [0.717, 1.165) is 16.8 Å². The average molecular weight is 382 g/mol. The fraction of sp³-hybridized carbons (Fsp3) is 0.353. The number of ether oxygens (including phenoxy) is 1. The van der Waals surface area contributed by atoms with E-state index in [1.807, 2.05) is 13.0 Å². The van der Waals surface area contributed by atoms with Crippen LogP contribution in [0.3, 0.4) is 0 Å². The first-order valence-corrected chi connectivity index (χ1v) is 8.64. The monoisotopic (exact) mass is 381 g/mol. The maximum Gasteiger partial charge on any atom is 0.327 e. The Morgan fingerprint density at radius 3 is 2.88 bits per heavy atom.